The summed E-state index contributed by atoms with van der Waals surface area (Å²) in [5.74, 6) is 0.510. The van der Waals surface area contributed by atoms with Gasteiger partial charge in [-0.25, -0.2) is 0 Å². The lowest BCUT2D eigenvalue weighted by atomic mass is 10.4. The van der Waals surface area contributed by atoms with Crippen LogP contribution < -0.4 is 0 Å². The van der Waals surface area contributed by atoms with Crippen LogP contribution in [-0.2, 0) is 4.74 Å². The first-order valence-electron chi connectivity index (χ1n) is 2.70. The first kappa shape index (κ1) is 9.56. The Morgan fingerprint density at radius 1 is 1.78 bits per heavy atom. The van der Waals surface area contributed by atoms with E-state index in [9.17, 15) is 0 Å². The number of ether oxygens (including phenoxy) is 1. The van der Waals surface area contributed by atoms with Gasteiger partial charge in [0.2, 0.25) is 0 Å². The first-order chi connectivity index (χ1) is 4.18. The fourth-order valence-corrected chi connectivity index (χ4v) is 0.485. The Hall–Kier alpha value is 0.560. The van der Waals surface area contributed by atoms with Crippen LogP contribution in [0.1, 0.15) is 6.92 Å². The van der Waals surface area contributed by atoms with Crippen molar-refractivity contribution >= 4 is 24.2 Å². The van der Waals surface area contributed by atoms with Crippen LogP contribution in [0.3, 0.4) is 0 Å². The molecule has 0 heterocycles. The number of halogens is 1. The van der Waals surface area contributed by atoms with Gasteiger partial charge in [-0.3, -0.25) is 0 Å². The van der Waals surface area contributed by atoms with E-state index in [4.69, 9.17) is 21.4 Å². The minimum atomic E-state index is -0.631. The minimum absolute atomic E-state index is 0.425. The number of hydrogen-bond acceptors (Lipinski definition) is 2. The van der Waals surface area contributed by atoms with Crippen molar-refractivity contribution < 1.29 is 9.84 Å². The number of hydrogen-bond donors (Lipinski definition) is 1. The van der Waals surface area contributed by atoms with Crippen molar-refractivity contribution in [2.75, 3.05) is 12.4 Å². The summed E-state index contributed by atoms with van der Waals surface area (Å²) < 4.78 is 4.86. The third-order valence-electron chi connectivity index (χ3n) is 0.740. The van der Waals surface area contributed by atoms with Crippen molar-refractivity contribution in [3.05, 3.63) is 0 Å². The molecule has 0 spiro atoms. The lowest BCUT2D eigenvalue weighted by Crippen LogP contribution is -2.20. The lowest BCUT2D eigenvalue weighted by molar-refractivity contribution is 0.0262. The summed E-state index contributed by atoms with van der Waals surface area (Å²) in [5.41, 5.74) is -0.618. The van der Waals surface area contributed by atoms with E-state index < -0.39 is 11.7 Å². The van der Waals surface area contributed by atoms with E-state index in [-0.39, 0.29) is 0 Å². The van der Waals surface area contributed by atoms with E-state index in [0.717, 1.165) is 0 Å². The van der Waals surface area contributed by atoms with Gasteiger partial charge in [0, 0.05) is 5.75 Å². The molecule has 0 aliphatic rings. The highest BCUT2D eigenvalue weighted by Crippen LogP contribution is 2.03. The zero-order valence-corrected chi connectivity index (χ0v) is 6.78. The predicted molar refractivity (Wildman–Crippen MR) is 39.7 cm³/mol. The van der Waals surface area contributed by atoms with Gasteiger partial charge < -0.3 is 9.84 Å². The topological polar surface area (TPSA) is 29.5 Å². The standard InChI is InChI=1S/C5H10ClO2S/c1-4(7)5(6)8-2-3-9/h4-5,7H,2-3H2,1H3. The van der Waals surface area contributed by atoms with Crippen molar-refractivity contribution in [1.82, 2.24) is 0 Å². The quantitative estimate of drug-likeness (QED) is 0.640. The summed E-state index contributed by atoms with van der Waals surface area (Å²) in [6.45, 7) is 2.00. The van der Waals surface area contributed by atoms with Gasteiger partial charge in [-0.1, -0.05) is 24.2 Å². The third kappa shape index (κ3) is 5.03. The molecule has 1 N–H and O–H groups in total. The zero-order valence-electron chi connectivity index (χ0n) is 5.21. The second kappa shape index (κ2) is 5.35. The van der Waals surface area contributed by atoms with Gasteiger partial charge in [-0.15, -0.1) is 0 Å². The van der Waals surface area contributed by atoms with Crippen molar-refractivity contribution in [3.8, 4) is 0 Å². The molecule has 0 fully saturated rings. The average molecular weight is 170 g/mol. The zero-order chi connectivity index (χ0) is 7.28. The van der Waals surface area contributed by atoms with Gasteiger partial charge in [-0.2, -0.15) is 0 Å². The van der Waals surface area contributed by atoms with Gasteiger partial charge in [-0.05, 0) is 6.92 Å². The summed E-state index contributed by atoms with van der Waals surface area (Å²) in [5, 5.41) is 8.76. The Labute approximate surface area is 65.6 Å². The van der Waals surface area contributed by atoms with Crippen LogP contribution in [0.4, 0.5) is 0 Å². The Kier molecular flexibility index (Phi) is 5.69. The maximum absolute atomic E-state index is 8.76. The van der Waals surface area contributed by atoms with Gasteiger partial charge in [0.25, 0.3) is 0 Å². The molecular weight excluding hydrogens is 160 g/mol. The van der Waals surface area contributed by atoms with Crippen LogP contribution in [0, 0.1) is 0 Å². The second-order valence-electron chi connectivity index (χ2n) is 1.67. The van der Waals surface area contributed by atoms with Crippen LogP contribution in [0.25, 0.3) is 0 Å². The maximum Gasteiger partial charge on any atom is 0.156 e. The van der Waals surface area contributed by atoms with Crippen molar-refractivity contribution in [2.24, 2.45) is 0 Å². The molecule has 2 unspecified atom stereocenters. The number of rotatable bonds is 4. The maximum atomic E-state index is 8.76. The van der Waals surface area contributed by atoms with Crippen molar-refractivity contribution in [3.63, 3.8) is 0 Å². The van der Waals surface area contributed by atoms with Gasteiger partial charge in [0.1, 0.15) is 0 Å². The van der Waals surface area contributed by atoms with Gasteiger partial charge in [0.05, 0.1) is 12.7 Å². The predicted octanol–water partition coefficient (Wildman–Crippen LogP) is 1.15. The highest BCUT2D eigenvalue weighted by molar-refractivity contribution is 7.80. The first-order valence-corrected chi connectivity index (χ1v) is 3.71. The molecule has 2 nitrogen and oxygen atoms in total. The highest BCUT2D eigenvalue weighted by atomic mass is 35.5. The van der Waals surface area contributed by atoms with E-state index in [0.29, 0.717) is 12.4 Å². The van der Waals surface area contributed by atoms with Crippen molar-refractivity contribution in [2.45, 2.75) is 18.6 Å². The molecule has 0 aliphatic heterocycles. The van der Waals surface area contributed by atoms with Crippen LogP contribution in [-0.4, -0.2) is 29.1 Å². The Morgan fingerprint density at radius 2 is 2.33 bits per heavy atom. The lowest BCUT2D eigenvalue weighted by Gasteiger charge is -2.11. The van der Waals surface area contributed by atoms with E-state index >= 15 is 0 Å². The summed E-state index contributed by atoms with van der Waals surface area (Å²) >= 11 is 10.1. The molecule has 55 valence electrons. The summed E-state index contributed by atoms with van der Waals surface area (Å²) in [6, 6.07) is 0. The third-order valence-corrected chi connectivity index (χ3v) is 1.40. The van der Waals surface area contributed by atoms with Crippen LogP contribution in [0.15, 0.2) is 0 Å². The molecule has 4 heteroatoms. The van der Waals surface area contributed by atoms with Crippen LogP contribution >= 0.6 is 24.2 Å². The molecular formula is C5H10ClO2S. The number of aliphatic hydroxyl groups is 1. The average Bonchev–Trinajstić information content (AvgIpc) is 1.82. The number of aliphatic hydroxyl groups excluding tert-OH is 1. The molecule has 0 aromatic rings. The van der Waals surface area contributed by atoms with Gasteiger partial charge >= 0.3 is 0 Å². The minimum Gasteiger partial charge on any atom is -0.389 e. The largest absolute Gasteiger partial charge is 0.389 e. The number of alkyl halides is 1. The molecule has 1 radical (unpaired) electrons. The molecule has 0 aromatic carbocycles. The van der Waals surface area contributed by atoms with Gasteiger partial charge in [0.15, 0.2) is 5.56 Å². The summed E-state index contributed by atoms with van der Waals surface area (Å²) in [4.78, 5) is 0. The fourth-order valence-electron chi connectivity index (χ4n) is 0.300. The SMILES string of the molecule is CC(O)C(Cl)OCC[S]. The Bertz CT molecular complexity index is 70.0. The molecule has 0 amide bonds. The fraction of sp³-hybridized carbons (Fsp3) is 1.00. The molecule has 9 heavy (non-hydrogen) atoms. The molecule has 0 saturated heterocycles. The smallest absolute Gasteiger partial charge is 0.156 e. The molecule has 0 aliphatic carbocycles. The molecule has 0 rings (SSSR count). The van der Waals surface area contributed by atoms with Crippen LogP contribution in [0.2, 0.25) is 0 Å². The van der Waals surface area contributed by atoms with E-state index in [1.165, 1.54) is 0 Å². The van der Waals surface area contributed by atoms with Crippen molar-refractivity contribution in [1.29, 1.82) is 0 Å². The monoisotopic (exact) mass is 169 g/mol. The highest BCUT2D eigenvalue weighted by Gasteiger charge is 2.09. The second-order valence-corrected chi connectivity index (χ2v) is 2.51. The van der Waals surface area contributed by atoms with Crippen LogP contribution in [0.5, 0.6) is 0 Å². The molecule has 0 aromatic heterocycles. The Balaban J connectivity index is 3.16. The molecule has 0 saturated carbocycles. The summed E-state index contributed by atoms with van der Waals surface area (Å²) in [6.07, 6.45) is -0.631. The van der Waals surface area contributed by atoms with E-state index in [2.05, 4.69) is 12.6 Å². The molecule has 0 bridgehead atoms. The molecule has 2 atom stereocenters. The summed E-state index contributed by atoms with van der Waals surface area (Å²) in [7, 11) is 0. The normalized spacial score (nSPS) is 17.3. The van der Waals surface area contributed by atoms with E-state index in [1.54, 1.807) is 6.92 Å². The van der Waals surface area contributed by atoms with E-state index in [1.807, 2.05) is 0 Å². The Morgan fingerprint density at radius 3 is 2.67 bits per heavy atom.